The quantitative estimate of drug-likeness (QED) is 0.660. The number of sulfone groups is 1. The number of ether oxygens (including phenoxy) is 2. The summed E-state index contributed by atoms with van der Waals surface area (Å²) >= 11 is 0. The maximum Gasteiger partial charge on any atom is 0.165 e. The monoisotopic (exact) mass is 319 g/mol. The maximum atomic E-state index is 13.8. The van der Waals surface area contributed by atoms with Gasteiger partial charge in [0.05, 0.1) is 12.4 Å². The van der Waals surface area contributed by atoms with Gasteiger partial charge in [0.25, 0.3) is 0 Å². The second-order valence-electron chi connectivity index (χ2n) is 4.52. The third kappa shape index (κ3) is 6.88. The van der Waals surface area contributed by atoms with Gasteiger partial charge < -0.3 is 14.8 Å². The maximum absolute atomic E-state index is 13.8. The topological polar surface area (TPSA) is 64.6 Å². The second kappa shape index (κ2) is 8.96. The van der Waals surface area contributed by atoms with Gasteiger partial charge in [0.2, 0.25) is 0 Å². The van der Waals surface area contributed by atoms with E-state index in [9.17, 15) is 12.8 Å². The molecule has 5 nitrogen and oxygen atoms in total. The van der Waals surface area contributed by atoms with Crippen molar-refractivity contribution in [2.45, 2.75) is 13.5 Å². The molecule has 0 amide bonds. The number of methoxy groups -OCH3 is 1. The van der Waals surface area contributed by atoms with E-state index in [0.29, 0.717) is 19.7 Å². The molecule has 0 atom stereocenters. The van der Waals surface area contributed by atoms with Crippen LogP contribution in [-0.2, 0) is 21.1 Å². The normalized spacial score (nSPS) is 11.6. The van der Waals surface area contributed by atoms with E-state index >= 15 is 0 Å². The number of hydrogen-bond donors (Lipinski definition) is 1. The molecule has 0 saturated heterocycles. The minimum atomic E-state index is -3.10. The molecule has 21 heavy (non-hydrogen) atoms. The van der Waals surface area contributed by atoms with E-state index in [4.69, 9.17) is 9.47 Å². The molecule has 0 fully saturated rings. The van der Waals surface area contributed by atoms with Gasteiger partial charge in [-0.2, -0.15) is 0 Å². The van der Waals surface area contributed by atoms with Crippen LogP contribution >= 0.6 is 0 Å². The zero-order valence-corrected chi connectivity index (χ0v) is 13.2. The van der Waals surface area contributed by atoms with Gasteiger partial charge >= 0.3 is 0 Å². The molecule has 1 aromatic rings. The lowest BCUT2D eigenvalue weighted by Gasteiger charge is -2.09. The fourth-order valence-electron chi connectivity index (χ4n) is 1.60. The summed E-state index contributed by atoms with van der Waals surface area (Å²) in [5, 5.41) is 3.11. The van der Waals surface area contributed by atoms with E-state index in [1.165, 1.54) is 12.1 Å². The highest BCUT2D eigenvalue weighted by Gasteiger charge is 2.09. The molecule has 0 radical (unpaired) electrons. The summed E-state index contributed by atoms with van der Waals surface area (Å²) in [7, 11) is -1.48. The lowest BCUT2D eigenvalue weighted by atomic mass is 10.2. The average Bonchev–Trinajstić information content (AvgIpc) is 2.46. The molecule has 0 heterocycles. The Morgan fingerprint density at radius 1 is 1.29 bits per heavy atom. The minimum Gasteiger partial charge on any atom is -0.489 e. The van der Waals surface area contributed by atoms with E-state index in [2.05, 4.69) is 5.32 Å². The average molecular weight is 319 g/mol. The van der Waals surface area contributed by atoms with Crippen LogP contribution in [0.25, 0.3) is 0 Å². The lowest BCUT2D eigenvalue weighted by Crippen LogP contribution is -2.18. The number of nitrogens with one attached hydrogen (secondary N) is 1. The highest BCUT2D eigenvalue weighted by molar-refractivity contribution is 7.91. The third-order valence-electron chi connectivity index (χ3n) is 2.90. The zero-order valence-electron chi connectivity index (χ0n) is 12.4. The van der Waals surface area contributed by atoms with Crippen molar-refractivity contribution in [3.63, 3.8) is 0 Å². The molecule has 0 unspecified atom stereocenters. The van der Waals surface area contributed by atoms with Crippen molar-refractivity contribution in [2.75, 3.05) is 38.4 Å². The van der Waals surface area contributed by atoms with Crippen molar-refractivity contribution in [3.8, 4) is 5.75 Å². The first-order valence-electron chi connectivity index (χ1n) is 6.80. The number of benzene rings is 1. The van der Waals surface area contributed by atoms with Gasteiger partial charge in [0.1, 0.15) is 6.61 Å². The summed E-state index contributed by atoms with van der Waals surface area (Å²) in [6.45, 7) is 3.34. The van der Waals surface area contributed by atoms with Gasteiger partial charge in [-0.3, -0.25) is 0 Å². The van der Waals surface area contributed by atoms with Crippen LogP contribution in [-0.4, -0.2) is 46.8 Å². The van der Waals surface area contributed by atoms with Gasteiger partial charge in [-0.1, -0.05) is 13.0 Å². The largest absolute Gasteiger partial charge is 0.489 e. The summed E-state index contributed by atoms with van der Waals surface area (Å²) in [6.07, 6.45) is 0. The summed E-state index contributed by atoms with van der Waals surface area (Å²) in [6, 6.07) is 4.64. The Kier molecular flexibility index (Phi) is 7.63. The molecule has 7 heteroatoms. The molecule has 0 saturated carbocycles. The Hall–Kier alpha value is -1.18. The van der Waals surface area contributed by atoms with Gasteiger partial charge in [-0.15, -0.1) is 0 Å². The van der Waals surface area contributed by atoms with Gasteiger partial charge in [0, 0.05) is 26.0 Å². The molecule has 120 valence electrons. The summed E-state index contributed by atoms with van der Waals surface area (Å²) in [5.74, 6) is -0.467. The molecule has 0 bridgehead atoms. The van der Waals surface area contributed by atoms with Crippen molar-refractivity contribution >= 4 is 9.84 Å². The molecule has 1 N–H and O–H groups in total. The number of rotatable bonds is 10. The highest BCUT2D eigenvalue weighted by Crippen LogP contribution is 2.18. The molecule has 1 rings (SSSR count). The Bertz CT molecular complexity index is 534. The molecule has 0 aliphatic carbocycles. The van der Waals surface area contributed by atoms with Gasteiger partial charge in [-0.25, -0.2) is 12.8 Å². The predicted octanol–water partition coefficient (Wildman–Crippen LogP) is 1.38. The van der Waals surface area contributed by atoms with Crippen LogP contribution in [0.15, 0.2) is 18.2 Å². The van der Waals surface area contributed by atoms with Crippen molar-refractivity contribution in [3.05, 3.63) is 29.6 Å². The Labute approximate surface area is 125 Å². The Morgan fingerprint density at radius 2 is 2.05 bits per heavy atom. The van der Waals surface area contributed by atoms with Crippen LogP contribution in [0.1, 0.15) is 12.5 Å². The fourth-order valence-corrected chi connectivity index (χ4v) is 2.23. The standard InChI is InChI=1S/C14H22FNO4S/c1-3-21(17,18)9-8-20-14-5-4-12(10-13(14)15)11-16-6-7-19-2/h4-5,10,16H,3,6-9,11H2,1-2H3. The summed E-state index contributed by atoms with van der Waals surface area (Å²) in [5.41, 5.74) is 0.789. The SMILES string of the molecule is CCS(=O)(=O)CCOc1ccc(CNCCOC)cc1F. The molecule has 0 spiro atoms. The highest BCUT2D eigenvalue weighted by atomic mass is 32.2. The molecule has 0 aliphatic rings. The molecular weight excluding hydrogens is 297 g/mol. The van der Waals surface area contributed by atoms with Crippen LogP contribution in [0, 0.1) is 5.82 Å². The van der Waals surface area contributed by atoms with Crippen LogP contribution in [0.3, 0.4) is 0 Å². The molecule has 0 aliphatic heterocycles. The first-order valence-corrected chi connectivity index (χ1v) is 8.62. The molecule has 1 aromatic carbocycles. The van der Waals surface area contributed by atoms with Gasteiger partial charge in [0.15, 0.2) is 21.4 Å². The lowest BCUT2D eigenvalue weighted by molar-refractivity contribution is 0.199. The van der Waals surface area contributed by atoms with Crippen LogP contribution in [0.2, 0.25) is 0 Å². The van der Waals surface area contributed by atoms with Crippen molar-refractivity contribution in [1.82, 2.24) is 5.32 Å². The van der Waals surface area contributed by atoms with E-state index in [1.807, 2.05) is 0 Å². The Balaban J connectivity index is 2.46. The van der Waals surface area contributed by atoms with E-state index in [1.54, 1.807) is 20.1 Å². The first kappa shape index (κ1) is 17.9. The van der Waals surface area contributed by atoms with Crippen LogP contribution in [0.4, 0.5) is 4.39 Å². The smallest absolute Gasteiger partial charge is 0.165 e. The number of hydrogen-bond acceptors (Lipinski definition) is 5. The van der Waals surface area contributed by atoms with Crippen LogP contribution in [0.5, 0.6) is 5.75 Å². The Morgan fingerprint density at radius 3 is 2.67 bits per heavy atom. The first-order chi connectivity index (χ1) is 9.98. The van der Waals surface area contributed by atoms with E-state index < -0.39 is 15.7 Å². The predicted molar refractivity (Wildman–Crippen MR) is 79.8 cm³/mol. The van der Waals surface area contributed by atoms with Crippen molar-refractivity contribution in [1.29, 1.82) is 0 Å². The van der Waals surface area contributed by atoms with Crippen molar-refractivity contribution < 1.29 is 22.3 Å². The summed E-state index contributed by atoms with van der Waals surface area (Å²) < 4.78 is 46.5. The van der Waals surface area contributed by atoms with Gasteiger partial charge in [-0.05, 0) is 17.7 Å². The number of halogens is 1. The van der Waals surface area contributed by atoms with E-state index in [0.717, 1.165) is 5.56 Å². The fraction of sp³-hybridized carbons (Fsp3) is 0.571. The zero-order chi connectivity index (χ0) is 15.7. The molecular formula is C14H22FNO4S. The van der Waals surface area contributed by atoms with Crippen LogP contribution < -0.4 is 10.1 Å². The third-order valence-corrected chi connectivity index (χ3v) is 4.57. The second-order valence-corrected chi connectivity index (χ2v) is 6.99. The summed E-state index contributed by atoms with van der Waals surface area (Å²) in [4.78, 5) is 0. The van der Waals surface area contributed by atoms with Crippen molar-refractivity contribution in [2.24, 2.45) is 0 Å². The molecule has 0 aromatic heterocycles. The van der Waals surface area contributed by atoms with E-state index in [-0.39, 0.29) is 23.9 Å². The minimum absolute atomic E-state index is 0.0431.